The first-order valence-electron chi connectivity index (χ1n) is 9.90. The molecule has 1 N–H and O–H groups in total. The number of benzene rings is 3. The summed E-state index contributed by atoms with van der Waals surface area (Å²) in [4.78, 5) is 24.7. The van der Waals surface area contributed by atoms with Crippen molar-refractivity contribution in [1.82, 2.24) is 0 Å². The molecule has 3 aromatic carbocycles. The number of hydrogen-bond donors (Lipinski definition) is 1. The highest BCUT2D eigenvalue weighted by Crippen LogP contribution is 2.30. The molecule has 0 spiro atoms. The molecule has 0 aliphatic carbocycles. The second-order valence-electron chi connectivity index (χ2n) is 6.71. The zero-order chi connectivity index (χ0) is 21.3. The Morgan fingerprint density at radius 3 is 2.20 bits per heavy atom. The van der Waals surface area contributed by atoms with Crippen LogP contribution in [0.3, 0.4) is 0 Å². The highest BCUT2D eigenvalue weighted by molar-refractivity contribution is 6.00. The quantitative estimate of drug-likeness (QED) is 0.488. The molecule has 1 amide bonds. The highest BCUT2D eigenvalue weighted by Gasteiger charge is 2.12. The minimum absolute atomic E-state index is 0.0611. The van der Waals surface area contributed by atoms with Gasteiger partial charge in [-0.1, -0.05) is 54.6 Å². The third kappa shape index (κ3) is 5.47. The summed E-state index contributed by atoms with van der Waals surface area (Å²) in [5.41, 5.74) is 3.35. The van der Waals surface area contributed by atoms with Crippen molar-refractivity contribution >= 4 is 17.4 Å². The smallest absolute Gasteiger partial charge is 0.224 e. The number of amides is 1. The van der Waals surface area contributed by atoms with Crippen molar-refractivity contribution in [3.63, 3.8) is 0 Å². The molecule has 0 bridgehead atoms. The van der Waals surface area contributed by atoms with Crippen molar-refractivity contribution in [2.45, 2.75) is 19.8 Å². The molecule has 0 radical (unpaired) electrons. The zero-order valence-electron chi connectivity index (χ0n) is 17.2. The molecule has 154 valence electrons. The molecule has 0 aliphatic heterocycles. The summed E-state index contributed by atoms with van der Waals surface area (Å²) in [6.07, 6.45) is 0.249. The number of carbonyl (C=O) groups excluding carboxylic acids is 2. The Bertz CT molecular complexity index is 997. The average Bonchev–Trinajstić information content (AvgIpc) is 2.79. The molecule has 0 aromatic heterocycles. The number of Topliss-reactive ketones (excluding diaryl/α,β-unsaturated/α-hetero) is 1. The predicted octanol–water partition coefficient (Wildman–Crippen LogP) is 5.36. The highest BCUT2D eigenvalue weighted by atomic mass is 16.5. The van der Waals surface area contributed by atoms with Crippen molar-refractivity contribution in [3.05, 3.63) is 78.4 Å². The molecule has 0 saturated carbocycles. The summed E-state index contributed by atoms with van der Waals surface area (Å²) in [6, 6.07) is 22.6. The van der Waals surface area contributed by atoms with Crippen molar-refractivity contribution in [2.24, 2.45) is 0 Å². The first kappa shape index (κ1) is 21.1. The fourth-order valence-corrected chi connectivity index (χ4v) is 3.09. The lowest BCUT2D eigenvalue weighted by Crippen LogP contribution is -2.13. The summed E-state index contributed by atoms with van der Waals surface area (Å²) in [7, 11) is 1.55. The van der Waals surface area contributed by atoms with Crippen LogP contribution >= 0.6 is 0 Å². The number of rotatable bonds is 9. The third-order valence-electron chi connectivity index (χ3n) is 4.64. The van der Waals surface area contributed by atoms with Gasteiger partial charge in [0.25, 0.3) is 0 Å². The Morgan fingerprint density at radius 1 is 0.833 bits per heavy atom. The second kappa shape index (κ2) is 10.3. The summed E-state index contributed by atoms with van der Waals surface area (Å²) in [6.45, 7) is 2.41. The molecule has 0 fully saturated rings. The van der Waals surface area contributed by atoms with Crippen LogP contribution in [-0.2, 0) is 4.79 Å². The fraction of sp³-hybridized carbons (Fsp3) is 0.200. The van der Waals surface area contributed by atoms with Gasteiger partial charge in [-0.05, 0) is 30.2 Å². The van der Waals surface area contributed by atoms with Crippen LogP contribution in [0.2, 0.25) is 0 Å². The summed E-state index contributed by atoms with van der Waals surface area (Å²) >= 11 is 0. The monoisotopic (exact) mass is 403 g/mol. The normalized spacial score (nSPS) is 10.3. The van der Waals surface area contributed by atoms with E-state index in [2.05, 4.69) is 5.32 Å². The van der Waals surface area contributed by atoms with Crippen LogP contribution in [0.25, 0.3) is 11.1 Å². The summed E-state index contributed by atoms with van der Waals surface area (Å²) in [5.74, 6) is 0.876. The van der Waals surface area contributed by atoms with Gasteiger partial charge < -0.3 is 14.8 Å². The summed E-state index contributed by atoms with van der Waals surface area (Å²) < 4.78 is 10.8. The summed E-state index contributed by atoms with van der Waals surface area (Å²) in [5, 5.41) is 2.80. The van der Waals surface area contributed by atoms with E-state index in [1.807, 2.05) is 49.4 Å². The molecule has 5 nitrogen and oxygen atoms in total. The molecule has 0 atom stereocenters. The van der Waals surface area contributed by atoms with E-state index in [-0.39, 0.29) is 24.5 Å². The van der Waals surface area contributed by atoms with E-state index in [0.717, 1.165) is 11.1 Å². The molecule has 0 saturated heterocycles. The lowest BCUT2D eigenvalue weighted by molar-refractivity contribution is -0.116. The van der Waals surface area contributed by atoms with E-state index < -0.39 is 0 Å². The lowest BCUT2D eigenvalue weighted by atomic mass is 10.0. The van der Waals surface area contributed by atoms with Crippen LogP contribution in [0.1, 0.15) is 30.1 Å². The van der Waals surface area contributed by atoms with E-state index in [0.29, 0.717) is 29.4 Å². The van der Waals surface area contributed by atoms with Crippen molar-refractivity contribution in [1.29, 1.82) is 0 Å². The number of methoxy groups -OCH3 is 1. The number of carbonyl (C=O) groups is 2. The molecule has 3 aromatic rings. The molecule has 3 rings (SSSR count). The van der Waals surface area contributed by atoms with Crippen LogP contribution in [0, 0.1) is 0 Å². The lowest BCUT2D eigenvalue weighted by Gasteiger charge is -2.11. The number of ketones is 1. The topological polar surface area (TPSA) is 64.6 Å². The van der Waals surface area contributed by atoms with Gasteiger partial charge in [-0.2, -0.15) is 0 Å². The molecule has 0 unspecified atom stereocenters. The number of nitrogens with one attached hydrogen (secondary N) is 1. The number of ether oxygens (including phenoxy) is 2. The number of anilines is 1. The first-order valence-corrected chi connectivity index (χ1v) is 9.90. The Balaban J connectivity index is 1.55. The molecular formula is C25H25NO4. The van der Waals surface area contributed by atoms with Crippen molar-refractivity contribution in [3.8, 4) is 22.6 Å². The maximum Gasteiger partial charge on any atom is 0.224 e. The Labute approximate surface area is 176 Å². The standard InChI is InChI=1S/C25H25NO4/c1-3-30-23-15-13-21(17-24(23)29-2)26-25(28)16-14-22(27)20-11-9-19(10-12-20)18-7-5-4-6-8-18/h4-13,15,17H,3,14,16H2,1-2H3,(H,26,28). The van der Waals surface area contributed by atoms with Crippen LogP contribution < -0.4 is 14.8 Å². The largest absolute Gasteiger partial charge is 0.493 e. The van der Waals surface area contributed by atoms with Gasteiger partial charge in [0.05, 0.1) is 13.7 Å². The van der Waals surface area contributed by atoms with Gasteiger partial charge >= 0.3 is 0 Å². The van der Waals surface area contributed by atoms with Crippen LogP contribution in [-0.4, -0.2) is 25.4 Å². The first-order chi connectivity index (χ1) is 14.6. The van der Waals surface area contributed by atoms with E-state index in [9.17, 15) is 9.59 Å². The van der Waals surface area contributed by atoms with Gasteiger partial charge in [0, 0.05) is 30.2 Å². The van der Waals surface area contributed by atoms with Crippen molar-refractivity contribution in [2.75, 3.05) is 19.0 Å². The maximum atomic E-state index is 12.4. The van der Waals surface area contributed by atoms with Gasteiger partial charge in [-0.3, -0.25) is 9.59 Å². The minimum atomic E-state index is -0.226. The van der Waals surface area contributed by atoms with Crippen LogP contribution in [0.4, 0.5) is 5.69 Å². The van der Waals surface area contributed by atoms with Gasteiger partial charge in [-0.25, -0.2) is 0 Å². The Hall–Kier alpha value is -3.60. The molecular weight excluding hydrogens is 378 g/mol. The van der Waals surface area contributed by atoms with E-state index in [1.54, 1.807) is 37.4 Å². The van der Waals surface area contributed by atoms with Gasteiger partial charge in [-0.15, -0.1) is 0 Å². The van der Waals surface area contributed by atoms with Gasteiger partial charge in [0.1, 0.15) is 0 Å². The van der Waals surface area contributed by atoms with E-state index in [1.165, 1.54) is 0 Å². The van der Waals surface area contributed by atoms with E-state index >= 15 is 0 Å². The zero-order valence-corrected chi connectivity index (χ0v) is 17.2. The second-order valence-corrected chi connectivity index (χ2v) is 6.71. The molecule has 30 heavy (non-hydrogen) atoms. The molecule has 0 heterocycles. The third-order valence-corrected chi connectivity index (χ3v) is 4.64. The maximum absolute atomic E-state index is 12.4. The molecule has 0 aliphatic rings. The average molecular weight is 403 g/mol. The Morgan fingerprint density at radius 2 is 1.53 bits per heavy atom. The minimum Gasteiger partial charge on any atom is -0.493 e. The van der Waals surface area contributed by atoms with Crippen LogP contribution in [0.15, 0.2) is 72.8 Å². The van der Waals surface area contributed by atoms with Crippen molar-refractivity contribution < 1.29 is 19.1 Å². The van der Waals surface area contributed by atoms with Gasteiger partial charge in [0.2, 0.25) is 5.91 Å². The van der Waals surface area contributed by atoms with Gasteiger partial charge in [0.15, 0.2) is 17.3 Å². The fourth-order valence-electron chi connectivity index (χ4n) is 3.09. The molecule has 5 heteroatoms. The Kier molecular flexibility index (Phi) is 7.22. The SMILES string of the molecule is CCOc1ccc(NC(=O)CCC(=O)c2ccc(-c3ccccc3)cc2)cc1OC. The number of hydrogen-bond acceptors (Lipinski definition) is 4. The van der Waals surface area contributed by atoms with Crippen LogP contribution in [0.5, 0.6) is 11.5 Å². The van der Waals surface area contributed by atoms with E-state index in [4.69, 9.17) is 9.47 Å². The predicted molar refractivity (Wildman–Crippen MR) is 118 cm³/mol.